The van der Waals surface area contributed by atoms with Gasteiger partial charge in [-0.3, -0.25) is 4.79 Å². The minimum atomic E-state index is -4.53. The molecule has 0 bridgehead atoms. The Kier molecular flexibility index (Phi) is 10.2. The van der Waals surface area contributed by atoms with Crippen molar-refractivity contribution in [3.05, 3.63) is 82.4 Å². The van der Waals surface area contributed by atoms with Crippen LogP contribution in [-0.4, -0.2) is 61.3 Å². The van der Waals surface area contributed by atoms with Gasteiger partial charge in [-0.1, -0.05) is 42.8 Å². The van der Waals surface area contributed by atoms with Crippen molar-refractivity contribution in [2.24, 2.45) is 0 Å². The van der Waals surface area contributed by atoms with E-state index < -0.39 is 11.7 Å². The van der Waals surface area contributed by atoms with Crippen molar-refractivity contribution in [3.63, 3.8) is 0 Å². The molecule has 1 atom stereocenters. The number of carbonyl (C=O) groups excluding carboxylic acids is 1. The van der Waals surface area contributed by atoms with E-state index in [0.29, 0.717) is 39.3 Å². The number of alkyl halides is 3. The van der Waals surface area contributed by atoms with Crippen molar-refractivity contribution in [2.75, 3.05) is 44.3 Å². The van der Waals surface area contributed by atoms with E-state index in [4.69, 9.17) is 16.3 Å². The molecule has 1 amide bonds. The summed E-state index contributed by atoms with van der Waals surface area (Å²) < 4.78 is 45.1. The quantitative estimate of drug-likeness (QED) is 0.274. The van der Waals surface area contributed by atoms with Crippen LogP contribution in [0.15, 0.2) is 60.7 Å². The normalized spacial score (nSPS) is 15.7. The van der Waals surface area contributed by atoms with Crippen molar-refractivity contribution in [3.8, 4) is 16.9 Å². The number of anilines is 1. The molecule has 220 valence electrons. The Bertz CT molecular complexity index is 1350. The molecule has 1 aliphatic heterocycles. The minimum Gasteiger partial charge on any atom is -0.493 e. The number of piperazine rings is 1. The highest BCUT2D eigenvalue weighted by molar-refractivity contribution is 6.33. The highest BCUT2D eigenvalue weighted by Gasteiger charge is 2.34. The summed E-state index contributed by atoms with van der Waals surface area (Å²) in [7, 11) is 0. The van der Waals surface area contributed by atoms with Gasteiger partial charge < -0.3 is 25.0 Å². The maximum atomic E-state index is 13.3. The SMILES string of the molecule is CCOc1ccccc1-c1ccc(N2CCN(C(=O)c3ccc(C(F)(F)F)cc3Cl)C[C@H]2CC)c(CNCCO)c1. The zero-order valence-corrected chi connectivity index (χ0v) is 23.9. The molecule has 4 rings (SSSR count). The van der Waals surface area contributed by atoms with Gasteiger partial charge in [-0.2, -0.15) is 13.2 Å². The van der Waals surface area contributed by atoms with Crippen LogP contribution in [-0.2, 0) is 12.7 Å². The molecule has 3 aromatic rings. The number of hydrogen-bond acceptors (Lipinski definition) is 5. The molecule has 41 heavy (non-hydrogen) atoms. The van der Waals surface area contributed by atoms with Gasteiger partial charge in [0.25, 0.3) is 5.91 Å². The molecular weight excluding hydrogens is 555 g/mol. The monoisotopic (exact) mass is 589 g/mol. The fourth-order valence-corrected chi connectivity index (χ4v) is 5.47. The number of amides is 1. The number of nitrogens with one attached hydrogen (secondary N) is 1. The lowest BCUT2D eigenvalue weighted by Crippen LogP contribution is -2.55. The van der Waals surface area contributed by atoms with Gasteiger partial charge in [0.2, 0.25) is 0 Å². The van der Waals surface area contributed by atoms with E-state index in [9.17, 15) is 23.1 Å². The third-order valence-electron chi connectivity index (χ3n) is 7.26. The van der Waals surface area contributed by atoms with Gasteiger partial charge in [0, 0.05) is 50.0 Å². The van der Waals surface area contributed by atoms with Gasteiger partial charge in [0.05, 0.1) is 29.4 Å². The molecule has 1 saturated heterocycles. The van der Waals surface area contributed by atoms with Crippen LogP contribution in [0.2, 0.25) is 5.02 Å². The Morgan fingerprint density at radius 1 is 1.10 bits per heavy atom. The molecule has 10 heteroatoms. The van der Waals surface area contributed by atoms with E-state index in [-0.39, 0.29) is 29.1 Å². The van der Waals surface area contributed by atoms with Crippen molar-refractivity contribution in [1.82, 2.24) is 10.2 Å². The Labute approximate surface area is 243 Å². The molecule has 1 heterocycles. The van der Waals surface area contributed by atoms with Crippen LogP contribution in [0.3, 0.4) is 0 Å². The molecule has 2 N–H and O–H groups in total. The predicted octanol–water partition coefficient (Wildman–Crippen LogP) is 6.25. The van der Waals surface area contributed by atoms with Crippen molar-refractivity contribution < 1.29 is 27.8 Å². The van der Waals surface area contributed by atoms with E-state index in [1.807, 2.05) is 38.1 Å². The van der Waals surface area contributed by atoms with Crippen molar-refractivity contribution in [2.45, 2.75) is 39.0 Å². The topological polar surface area (TPSA) is 65.0 Å². The number of benzene rings is 3. The van der Waals surface area contributed by atoms with E-state index in [1.165, 1.54) is 0 Å². The average molecular weight is 590 g/mol. The first-order valence-corrected chi connectivity index (χ1v) is 14.1. The smallest absolute Gasteiger partial charge is 0.416 e. The number of carbonyl (C=O) groups is 1. The molecule has 0 aliphatic carbocycles. The Morgan fingerprint density at radius 3 is 2.56 bits per heavy atom. The van der Waals surface area contributed by atoms with E-state index in [2.05, 4.69) is 28.4 Å². The lowest BCUT2D eigenvalue weighted by atomic mass is 9.98. The van der Waals surface area contributed by atoms with Gasteiger partial charge in [0.15, 0.2) is 0 Å². The van der Waals surface area contributed by atoms with Crippen LogP contribution < -0.4 is 15.0 Å². The largest absolute Gasteiger partial charge is 0.493 e. The Hall–Kier alpha value is -3.27. The molecule has 1 aliphatic rings. The zero-order chi connectivity index (χ0) is 29.6. The molecular formula is C31H35ClF3N3O3. The van der Waals surface area contributed by atoms with E-state index in [1.54, 1.807) is 4.90 Å². The van der Waals surface area contributed by atoms with Gasteiger partial charge >= 0.3 is 6.18 Å². The van der Waals surface area contributed by atoms with Crippen molar-refractivity contribution >= 4 is 23.2 Å². The first-order chi connectivity index (χ1) is 19.7. The second-order valence-corrected chi connectivity index (χ2v) is 10.3. The number of nitrogens with zero attached hydrogens (tertiary/aromatic N) is 2. The molecule has 3 aromatic carbocycles. The average Bonchev–Trinajstić information content (AvgIpc) is 2.96. The highest BCUT2D eigenvalue weighted by atomic mass is 35.5. The second-order valence-electron chi connectivity index (χ2n) is 9.87. The molecule has 0 aromatic heterocycles. The van der Waals surface area contributed by atoms with Crippen LogP contribution in [0.25, 0.3) is 11.1 Å². The van der Waals surface area contributed by atoms with E-state index >= 15 is 0 Å². The molecule has 1 fully saturated rings. The number of aliphatic hydroxyl groups excluding tert-OH is 1. The third-order valence-corrected chi connectivity index (χ3v) is 7.57. The third kappa shape index (κ3) is 7.15. The van der Waals surface area contributed by atoms with Crippen LogP contribution >= 0.6 is 11.6 Å². The van der Waals surface area contributed by atoms with Gasteiger partial charge in [-0.05, 0) is 60.9 Å². The van der Waals surface area contributed by atoms with Crippen molar-refractivity contribution in [1.29, 1.82) is 0 Å². The van der Waals surface area contributed by atoms with Crippen LogP contribution in [0, 0.1) is 0 Å². The first kappa shape index (κ1) is 30.7. The first-order valence-electron chi connectivity index (χ1n) is 13.8. The number of rotatable bonds is 10. The number of aliphatic hydroxyl groups is 1. The summed E-state index contributed by atoms with van der Waals surface area (Å²) in [4.78, 5) is 17.3. The summed E-state index contributed by atoms with van der Waals surface area (Å²) in [6, 6.07) is 17.0. The number of ether oxygens (including phenoxy) is 1. The predicted molar refractivity (Wildman–Crippen MR) is 156 cm³/mol. The van der Waals surface area contributed by atoms with Crippen LogP contribution in [0.4, 0.5) is 18.9 Å². The van der Waals surface area contributed by atoms with Gasteiger partial charge in [-0.15, -0.1) is 0 Å². The summed E-state index contributed by atoms with van der Waals surface area (Å²) in [6.07, 6.45) is -3.78. The maximum absolute atomic E-state index is 13.3. The fourth-order valence-electron chi connectivity index (χ4n) is 5.21. The van der Waals surface area contributed by atoms with Gasteiger partial charge in [0.1, 0.15) is 5.75 Å². The fraction of sp³-hybridized carbons (Fsp3) is 0.387. The van der Waals surface area contributed by atoms with Crippen LogP contribution in [0.5, 0.6) is 5.75 Å². The number of hydrogen-bond donors (Lipinski definition) is 2. The standard InChI is InChI=1S/C31H35ClF3N3O3/c1-3-24-20-37(30(40)26-11-10-23(18-27(26)32)31(33,34)35)14-15-38(24)28-12-9-21(17-22(28)19-36-13-16-39)25-7-5-6-8-29(25)41-4-2/h5-12,17-18,24,36,39H,3-4,13-16,19-20H2,1-2H3/t24-/m1/s1. The lowest BCUT2D eigenvalue weighted by Gasteiger charge is -2.43. The van der Waals surface area contributed by atoms with E-state index in [0.717, 1.165) is 52.7 Å². The lowest BCUT2D eigenvalue weighted by molar-refractivity contribution is -0.137. The molecule has 0 unspecified atom stereocenters. The number of para-hydroxylation sites is 1. The molecule has 0 spiro atoms. The minimum absolute atomic E-state index is 0.0147. The maximum Gasteiger partial charge on any atom is 0.416 e. The highest BCUT2D eigenvalue weighted by Crippen LogP contribution is 2.36. The summed E-state index contributed by atoms with van der Waals surface area (Å²) >= 11 is 6.13. The Morgan fingerprint density at radius 2 is 1.88 bits per heavy atom. The summed E-state index contributed by atoms with van der Waals surface area (Å²) in [6.45, 7) is 6.91. The second kappa shape index (κ2) is 13.6. The number of halogens is 4. The molecule has 0 radical (unpaired) electrons. The zero-order valence-electron chi connectivity index (χ0n) is 23.2. The summed E-state index contributed by atoms with van der Waals surface area (Å²) in [5.41, 5.74) is 3.25. The Balaban J connectivity index is 1.60. The summed E-state index contributed by atoms with van der Waals surface area (Å²) in [5, 5.41) is 12.4. The van der Waals surface area contributed by atoms with Gasteiger partial charge in [-0.25, -0.2) is 0 Å². The summed E-state index contributed by atoms with van der Waals surface area (Å²) in [5.74, 6) is 0.423. The molecule has 0 saturated carbocycles. The molecule has 6 nitrogen and oxygen atoms in total. The van der Waals surface area contributed by atoms with Crippen LogP contribution in [0.1, 0.15) is 41.8 Å².